The van der Waals surface area contributed by atoms with Crippen LogP contribution < -0.4 is 5.32 Å². The molecule has 0 aliphatic carbocycles. The van der Waals surface area contributed by atoms with Gasteiger partial charge in [0.1, 0.15) is 11.5 Å². The molecule has 0 radical (unpaired) electrons. The average Bonchev–Trinajstić information content (AvgIpc) is 3.23. The van der Waals surface area contributed by atoms with Crippen molar-refractivity contribution >= 4 is 11.8 Å². The van der Waals surface area contributed by atoms with Gasteiger partial charge in [-0.25, -0.2) is 0 Å². The van der Waals surface area contributed by atoms with Gasteiger partial charge in [0.2, 0.25) is 11.8 Å². The molecule has 0 aromatic carbocycles. The zero-order chi connectivity index (χ0) is 16.2. The Morgan fingerprint density at radius 3 is 2.65 bits per heavy atom. The molecule has 6 heteroatoms. The lowest BCUT2D eigenvalue weighted by Gasteiger charge is -2.17. The molecule has 0 spiro atoms. The van der Waals surface area contributed by atoms with Crippen LogP contribution in [0.25, 0.3) is 0 Å². The number of rotatable bonds is 6. The smallest absolute Gasteiger partial charge is 0.225 e. The van der Waals surface area contributed by atoms with Crippen molar-refractivity contribution in [2.75, 3.05) is 6.54 Å². The molecular formula is C17H20N2O4. The summed E-state index contributed by atoms with van der Waals surface area (Å²) in [4.78, 5) is 26.0. The maximum absolute atomic E-state index is 12.3. The van der Waals surface area contributed by atoms with E-state index >= 15 is 0 Å². The Balaban J connectivity index is 1.51. The highest BCUT2D eigenvalue weighted by molar-refractivity contribution is 5.89. The molecule has 122 valence electrons. The van der Waals surface area contributed by atoms with Crippen molar-refractivity contribution in [3.63, 3.8) is 0 Å². The Morgan fingerprint density at radius 2 is 2.00 bits per heavy atom. The summed E-state index contributed by atoms with van der Waals surface area (Å²) in [6.45, 7) is 2.77. The topological polar surface area (TPSA) is 75.7 Å². The first-order valence-electron chi connectivity index (χ1n) is 7.74. The third kappa shape index (κ3) is 3.83. The highest BCUT2D eigenvalue weighted by atomic mass is 16.3. The SMILES string of the molecule is C[C@H](Cc1ccco1)NC(=O)[C@H]1CC(=O)N(Cc2ccco2)C1. The summed E-state index contributed by atoms with van der Waals surface area (Å²) in [5.74, 6) is 1.15. The van der Waals surface area contributed by atoms with E-state index in [1.165, 1.54) is 0 Å². The average molecular weight is 316 g/mol. The van der Waals surface area contributed by atoms with Crippen LogP contribution in [0.15, 0.2) is 45.6 Å². The van der Waals surface area contributed by atoms with Gasteiger partial charge in [-0.1, -0.05) is 0 Å². The lowest BCUT2D eigenvalue weighted by atomic mass is 10.1. The Bertz CT molecular complexity index is 648. The fourth-order valence-electron chi connectivity index (χ4n) is 2.83. The lowest BCUT2D eigenvalue weighted by Crippen LogP contribution is -2.39. The molecule has 6 nitrogen and oxygen atoms in total. The molecule has 23 heavy (non-hydrogen) atoms. The van der Waals surface area contributed by atoms with E-state index in [1.807, 2.05) is 25.1 Å². The van der Waals surface area contributed by atoms with E-state index in [-0.39, 0.29) is 30.2 Å². The number of amides is 2. The number of nitrogens with zero attached hydrogens (tertiary/aromatic N) is 1. The van der Waals surface area contributed by atoms with Gasteiger partial charge in [-0.2, -0.15) is 0 Å². The second-order valence-electron chi connectivity index (χ2n) is 5.95. The van der Waals surface area contributed by atoms with Crippen molar-refractivity contribution in [2.24, 2.45) is 5.92 Å². The molecule has 1 aliphatic heterocycles. The largest absolute Gasteiger partial charge is 0.469 e. The van der Waals surface area contributed by atoms with Gasteiger partial charge in [0.15, 0.2) is 0 Å². The summed E-state index contributed by atoms with van der Waals surface area (Å²) in [6, 6.07) is 7.28. The fourth-order valence-corrected chi connectivity index (χ4v) is 2.83. The summed E-state index contributed by atoms with van der Waals surface area (Å²) in [5.41, 5.74) is 0. The van der Waals surface area contributed by atoms with E-state index in [0.29, 0.717) is 19.5 Å². The van der Waals surface area contributed by atoms with Gasteiger partial charge >= 0.3 is 0 Å². The molecule has 0 bridgehead atoms. The van der Waals surface area contributed by atoms with Crippen molar-refractivity contribution in [1.82, 2.24) is 10.2 Å². The monoisotopic (exact) mass is 316 g/mol. The number of nitrogens with one attached hydrogen (secondary N) is 1. The first-order valence-corrected chi connectivity index (χ1v) is 7.74. The van der Waals surface area contributed by atoms with E-state index < -0.39 is 0 Å². The van der Waals surface area contributed by atoms with E-state index in [1.54, 1.807) is 23.5 Å². The first kappa shape index (κ1) is 15.4. The standard InChI is InChI=1S/C17H20N2O4/c1-12(8-14-4-2-6-22-14)18-17(21)13-9-16(20)19(10-13)11-15-5-3-7-23-15/h2-7,12-13H,8-11H2,1H3,(H,18,21)/t12-,13+/m1/s1. The Kier molecular flexibility index (Phi) is 4.50. The number of carbonyl (C=O) groups excluding carboxylic acids is 2. The number of furan rings is 2. The molecule has 0 unspecified atom stereocenters. The first-order chi connectivity index (χ1) is 11.1. The van der Waals surface area contributed by atoms with Crippen LogP contribution in [0.5, 0.6) is 0 Å². The van der Waals surface area contributed by atoms with Gasteiger partial charge in [0.05, 0.1) is 25.0 Å². The van der Waals surface area contributed by atoms with E-state index in [4.69, 9.17) is 8.83 Å². The quantitative estimate of drug-likeness (QED) is 0.884. The minimum atomic E-state index is -0.309. The van der Waals surface area contributed by atoms with Crippen LogP contribution in [0, 0.1) is 5.92 Å². The maximum atomic E-state index is 12.3. The van der Waals surface area contributed by atoms with Crippen molar-refractivity contribution < 1.29 is 18.4 Å². The zero-order valence-electron chi connectivity index (χ0n) is 13.0. The molecule has 2 amide bonds. The molecule has 3 heterocycles. The summed E-state index contributed by atoms with van der Waals surface area (Å²) in [6.07, 6.45) is 4.08. The van der Waals surface area contributed by atoms with Gasteiger partial charge in [-0.15, -0.1) is 0 Å². The molecular weight excluding hydrogens is 296 g/mol. The second kappa shape index (κ2) is 6.73. The molecule has 1 fully saturated rings. The van der Waals surface area contributed by atoms with Crippen LogP contribution in [0.2, 0.25) is 0 Å². The molecule has 0 saturated carbocycles. The molecule has 3 rings (SSSR count). The van der Waals surface area contributed by atoms with Crippen LogP contribution in [0.4, 0.5) is 0 Å². The predicted molar refractivity (Wildman–Crippen MR) is 82.2 cm³/mol. The highest BCUT2D eigenvalue weighted by Gasteiger charge is 2.35. The second-order valence-corrected chi connectivity index (χ2v) is 5.95. The minimum absolute atomic E-state index is 0.0137. The normalized spacial score (nSPS) is 19.1. The van der Waals surface area contributed by atoms with Gasteiger partial charge < -0.3 is 19.1 Å². The van der Waals surface area contributed by atoms with Gasteiger partial charge in [-0.05, 0) is 31.2 Å². The fraction of sp³-hybridized carbons (Fsp3) is 0.412. The van der Waals surface area contributed by atoms with Crippen molar-refractivity contribution in [2.45, 2.75) is 32.4 Å². The molecule has 1 N–H and O–H groups in total. The van der Waals surface area contributed by atoms with E-state index in [9.17, 15) is 9.59 Å². The number of hydrogen-bond donors (Lipinski definition) is 1. The van der Waals surface area contributed by atoms with Crippen molar-refractivity contribution in [3.8, 4) is 0 Å². The summed E-state index contributed by atoms with van der Waals surface area (Å²) in [5, 5.41) is 2.96. The molecule has 1 aliphatic rings. The van der Waals surface area contributed by atoms with Crippen LogP contribution in [0.3, 0.4) is 0 Å². The molecule has 1 saturated heterocycles. The third-order valence-electron chi connectivity index (χ3n) is 3.99. The summed E-state index contributed by atoms with van der Waals surface area (Å²) >= 11 is 0. The Hall–Kier alpha value is -2.50. The molecule has 2 aromatic rings. The number of likely N-dealkylation sites (tertiary alicyclic amines) is 1. The lowest BCUT2D eigenvalue weighted by molar-refractivity contribution is -0.129. The Morgan fingerprint density at radius 1 is 1.30 bits per heavy atom. The zero-order valence-corrected chi connectivity index (χ0v) is 13.0. The maximum Gasteiger partial charge on any atom is 0.225 e. The van der Waals surface area contributed by atoms with Crippen LogP contribution in [-0.4, -0.2) is 29.3 Å². The van der Waals surface area contributed by atoms with Gasteiger partial charge in [0, 0.05) is 25.4 Å². The Labute approximate surface area is 134 Å². The third-order valence-corrected chi connectivity index (χ3v) is 3.99. The van der Waals surface area contributed by atoms with Crippen molar-refractivity contribution in [1.29, 1.82) is 0 Å². The molecule has 2 aromatic heterocycles. The number of carbonyl (C=O) groups is 2. The predicted octanol–water partition coefficient (Wildman–Crippen LogP) is 1.97. The van der Waals surface area contributed by atoms with Crippen molar-refractivity contribution in [3.05, 3.63) is 48.3 Å². The molecule has 2 atom stereocenters. The van der Waals surface area contributed by atoms with E-state index in [0.717, 1.165) is 11.5 Å². The van der Waals surface area contributed by atoms with Gasteiger partial charge in [0.25, 0.3) is 0 Å². The van der Waals surface area contributed by atoms with Crippen LogP contribution in [-0.2, 0) is 22.6 Å². The van der Waals surface area contributed by atoms with E-state index in [2.05, 4.69) is 5.32 Å². The van der Waals surface area contributed by atoms with Crippen LogP contribution in [0.1, 0.15) is 24.9 Å². The summed E-state index contributed by atoms with van der Waals surface area (Å²) in [7, 11) is 0. The van der Waals surface area contributed by atoms with Gasteiger partial charge in [-0.3, -0.25) is 9.59 Å². The number of hydrogen-bond acceptors (Lipinski definition) is 4. The highest BCUT2D eigenvalue weighted by Crippen LogP contribution is 2.21. The minimum Gasteiger partial charge on any atom is -0.469 e. The summed E-state index contributed by atoms with van der Waals surface area (Å²) < 4.78 is 10.5. The van der Waals surface area contributed by atoms with Crippen LogP contribution >= 0.6 is 0 Å².